The highest BCUT2D eigenvalue weighted by Crippen LogP contribution is 2.29. The van der Waals surface area contributed by atoms with E-state index in [1.165, 1.54) is 18.2 Å². The number of carboxylic acid groups (broad SMARTS) is 1. The van der Waals surface area contributed by atoms with Crippen LogP contribution in [0.3, 0.4) is 0 Å². The zero-order valence-electron chi connectivity index (χ0n) is 10.3. The van der Waals surface area contributed by atoms with Crippen molar-refractivity contribution < 1.29 is 18.3 Å². The van der Waals surface area contributed by atoms with Crippen LogP contribution in [0.15, 0.2) is 23.1 Å². The zero-order valence-corrected chi connectivity index (χ0v) is 11.9. The SMILES string of the molecule is O=C(O)c1ccc(S(=O)(=O)CC2CCCC2)cc1Cl. The van der Waals surface area contributed by atoms with Crippen LogP contribution in [-0.4, -0.2) is 25.2 Å². The van der Waals surface area contributed by atoms with Gasteiger partial charge in [0, 0.05) is 0 Å². The molecule has 2 rings (SSSR count). The van der Waals surface area contributed by atoms with Gasteiger partial charge in [-0.25, -0.2) is 13.2 Å². The largest absolute Gasteiger partial charge is 0.478 e. The van der Waals surface area contributed by atoms with Crippen molar-refractivity contribution in [2.45, 2.75) is 30.6 Å². The fourth-order valence-electron chi connectivity index (χ4n) is 2.45. The molecule has 0 atom stereocenters. The lowest BCUT2D eigenvalue weighted by Crippen LogP contribution is -2.14. The molecular formula is C13H15ClO4S. The number of sulfone groups is 1. The maximum absolute atomic E-state index is 12.2. The standard InChI is InChI=1S/C13H15ClO4S/c14-12-7-10(5-6-11(12)13(15)16)19(17,18)8-9-3-1-2-4-9/h5-7,9H,1-4,8H2,(H,15,16). The number of carboxylic acids is 1. The molecule has 1 aromatic rings. The normalized spacial score (nSPS) is 16.7. The number of hydrogen-bond donors (Lipinski definition) is 1. The molecule has 0 aliphatic heterocycles. The molecule has 0 saturated heterocycles. The minimum Gasteiger partial charge on any atom is -0.478 e. The minimum absolute atomic E-state index is 0.0417. The van der Waals surface area contributed by atoms with Gasteiger partial charge in [-0.15, -0.1) is 0 Å². The lowest BCUT2D eigenvalue weighted by atomic mass is 10.1. The van der Waals surface area contributed by atoms with Crippen LogP contribution in [0.25, 0.3) is 0 Å². The maximum Gasteiger partial charge on any atom is 0.337 e. The third-order valence-corrected chi connectivity index (χ3v) is 5.66. The van der Waals surface area contributed by atoms with E-state index in [-0.39, 0.29) is 27.2 Å². The molecule has 19 heavy (non-hydrogen) atoms. The third-order valence-electron chi connectivity index (χ3n) is 3.46. The molecule has 1 aromatic carbocycles. The van der Waals surface area contributed by atoms with Crippen LogP contribution >= 0.6 is 11.6 Å². The molecule has 0 bridgehead atoms. The smallest absolute Gasteiger partial charge is 0.337 e. The summed E-state index contributed by atoms with van der Waals surface area (Å²) >= 11 is 5.80. The highest BCUT2D eigenvalue weighted by atomic mass is 35.5. The van der Waals surface area contributed by atoms with Gasteiger partial charge in [0.15, 0.2) is 9.84 Å². The molecule has 1 aliphatic rings. The second kappa shape index (κ2) is 5.51. The molecule has 6 heteroatoms. The Labute approximate surface area is 117 Å². The monoisotopic (exact) mass is 302 g/mol. The van der Waals surface area contributed by atoms with Gasteiger partial charge in [0.05, 0.1) is 21.2 Å². The first-order valence-electron chi connectivity index (χ1n) is 6.16. The van der Waals surface area contributed by atoms with Crippen molar-refractivity contribution >= 4 is 27.4 Å². The van der Waals surface area contributed by atoms with Gasteiger partial charge in [0.1, 0.15) is 0 Å². The molecule has 0 amide bonds. The van der Waals surface area contributed by atoms with Gasteiger partial charge >= 0.3 is 5.97 Å². The summed E-state index contributed by atoms with van der Waals surface area (Å²) in [5, 5.41) is 8.81. The van der Waals surface area contributed by atoms with Gasteiger partial charge in [0.2, 0.25) is 0 Å². The predicted molar refractivity (Wildman–Crippen MR) is 72.4 cm³/mol. The number of halogens is 1. The molecular weight excluding hydrogens is 288 g/mol. The topological polar surface area (TPSA) is 71.4 Å². The van der Waals surface area contributed by atoms with Crippen molar-refractivity contribution in [1.82, 2.24) is 0 Å². The molecule has 1 aliphatic carbocycles. The van der Waals surface area contributed by atoms with Gasteiger partial charge in [-0.2, -0.15) is 0 Å². The first-order valence-corrected chi connectivity index (χ1v) is 8.19. The maximum atomic E-state index is 12.2. The number of benzene rings is 1. The summed E-state index contributed by atoms with van der Waals surface area (Å²) in [4.78, 5) is 10.9. The Kier molecular flexibility index (Phi) is 4.16. The second-order valence-electron chi connectivity index (χ2n) is 4.88. The first kappa shape index (κ1) is 14.3. The Morgan fingerprint density at radius 2 is 1.95 bits per heavy atom. The number of rotatable bonds is 4. The van der Waals surface area contributed by atoms with Crippen molar-refractivity contribution in [1.29, 1.82) is 0 Å². The lowest BCUT2D eigenvalue weighted by Gasteiger charge is -2.10. The molecule has 1 saturated carbocycles. The van der Waals surface area contributed by atoms with Gasteiger partial charge in [-0.3, -0.25) is 0 Å². The van der Waals surface area contributed by atoms with Crippen LogP contribution in [0.2, 0.25) is 5.02 Å². The van der Waals surface area contributed by atoms with Gasteiger partial charge in [-0.05, 0) is 37.0 Å². The quantitative estimate of drug-likeness (QED) is 0.928. The van der Waals surface area contributed by atoms with Crippen LogP contribution < -0.4 is 0 Å². The summed E-state index contributed by atoms with van der Waals surface area (Å²) in [7, 11) is -3.39. The Morgan fingerprint density at radius 1 is 1.32 bits per heavy atom. The zero-order chi connectivity index (χ0) is 14.0. The van der Waals surface area contributed by atoms with Crippen LogP contribution in [0, 0.1) is 5.92 Å². The highest BCUT2D eigenvalue weighted by molar-refractivity contribution is 7.91. The van der Waals surface area contributed by atoms with Gasteiger partial charge in [0.25, 0.3) is 0 Å². The molecule has 104 valence electrons. The van der Waals surface area contributed by atoms with Crippen molar-refractivity contribution in [2.24, 2.45) is 5.92 Å². The summed E-state index contributed by atoms with van der Waals surface area (Å²) in [6, 6.07) is 3.79. The van der Waals surface area contributed by atoms with Crippen molar-refractivity contribution in [3.63, 3.8) is 0 Å². The molecule has 1 N–H and O–H groups in total. The van der Waals surface area contributed by atoms with E-state index in [4.69, 9.17) is 16.7 Å². The number of hydrogen-bond acceptors (Lipinski definition) is 3. The minimum atomic E-state index is -3.39. The summed E-state index contributed by atoms with van der Waals surface area (Å²) in [5.74, 6) is -0.830. The molecule has 0 aromatic heterocycles. The Bertz CT molecular complexity index is 589. The molecule has 0 unspecified atom stereocenters. The van der Waals surface area contributed by atoms with E-state index >= 15 is 0 Å². The molecule has 1 fully saturated rings. The fraction of sp³-hybridized carbons (Fsp3) is 0.462. The average Bonchev–Trinajstić information content (AvgIpc) is 2.80. The summed E-state index contributed by atoms with van der Waals surface area (Å²) in [6.07, 6.45) is 4.05. The van der Waals surface area contributed by atoms with Crippen LogP contribution in [0.4, 0.5) is 0 Å². The van der Waals surface area contributed by atoms with Crippen LogP contribution in [-0.2, 0) is 9.84 Å². The third kappa shape index (κ3) is 3.28. The van der Waals surface area contributed by atoms with E-state index < -0.39 is 15.8 Å². The van der Waals surface area contributed by atoms with E-state index in [0.29, 0.717) is 0 Å². The fourth-order valence-corrected chi connectivity index (χ4v) is 4.49. The molecule has 0 heterocycles. The van der Waals surface area contributed by atoms with Crippen LogP contribution in [0.5, 0.6) is 0 Å². The first-order chi connectivity index (χ1) is 8.90. The van der Waals surface area contributed by atoms with Crippen molar-refractivity contribution in [3.8, 4) is 0 Å². The van der Waals surface area contributed by atoms with Crippen molar-refractivity contribution in [2.75, 3.05) is 5.75 Å². The Hall–Kier alpha value is -1.07. The van der Waals surface area contributed by atoms with E-state index in [0.717, 1.165) is 25.7 Å². The Morgan fingerprint density at radius 3 is 2.47 bits per heavy atom. The number of carbonyl (C=O) groups is 1. The Balaban J connectivity index is 2.25. The molecule has 4 nitrogen and oxygen atoms in total. The van der Waals surface area contributed by atoms with E-state index in [2.05, 4.69) is 0 Å². The van der Waals surface area contributed by atoms with E-state index in [1.54, 1.807) is 0 Å². The lowest BCUT2D eigenvalue weighted by molar-refractivity contribution is 0.0697. The van der Waals surface area contributed by atoms with E-state index in [9.17, 15) is 13.2 Å². The number of aromatic carboxylic acids is 1. The predicted octanol–water partition coefficient (Wildman–Crippen LogP) is 3.00. The van der Waals surface area contributed by atoms with E-state index in [1.807, 2.05) is 0 Å². The summed E-state index contributed by atoms with van der Waals surface area (Å²) in [5.41, 5.74) is -0.0820. The van der Waals surface area contributed by atoms with Gasteiger partial charge < -0.3 is 5.11 Å². The highest BCUT2D eigenvalue weighted by Gasteiger charge is 2.25. The summed E-state index contributed by atoms with van der Waals surface area (Å²) in [6.45, 7) is 0. The average molecular weight is 303 g/mol. The van der Waals surface area contributed by atoms with Crippen molar-refractivity contribution in [3.05, 3.63) is 28.8 Å². The van der Waals surface area contributed by atoms with Gasteiger partial charge in [-0.1, -0.05) is 24.4 Å². The second-order valence-corrected chi connectivity index (χ2v) is 7.32. The molecule has 0 radical (unpaired) electrons. The van der Waals surface area contributed by atoms with Crippen LogP contribution in [0.1, 0.15) is 36.0 Å². The summed E-state index contributed by atoms with van der Waals surface area (Å²) < 4.78 is 24.4. The molecule has 0 spiro atoms.